The molecule has 0 saturated carbocycles. The first-order valence-corrected chi connectivity index (χ1v) is 5.53. The largest absolute Gasteiger partial charge is 0.396 e. The highest BCUT2D eigenvalue weighted by Gasteiger charge is 2.04. The lowest BCUT2D eigenvalue weighted by Crippen LogP contribution is -2.05. The van der Waals surface area contributed by atoms with Crippen LogP contribution < -0.4 is 5.73 Å². The van der Waals surface area contributed by atoms with Crippen molar-refractivity contribution in [2.75, 3.05) is 5.73 Å². The molecule has 0 radical (unpaired) electrons. The average Bonchev–Trinajstić information content (AvgIpc) is 2.59. The first kappa shape index (κ1) is 11.1. The molecule has 1 heterocycles. The van der Waals surface area contributed by atoms with Crippen LogP contribution in [0.4, 0.5) is 5.69 Å². The maximum atomic E-state index is 5.61. The Morgan fingerprint density at radius 3 is 2.79 bits per heavy atom. The van der Waals surface area contributed by atoms with Gasteiger partial charge in [0.1, 0.15) is 0 Å². The van der Waals surface area contributed by atoms with Crippen LogP contribution in [0.1, 0.15) is 52.0 Å². The highest BCUT2D eigenvalue weighted by molar-refractivity contribution is 5.30. The van der Waals surface area contributed by atoms with Crippen molar-refractivity contribution in [1.29, 1.82) is 0 Å². The molecule has 0 aliphatic carbocycles. The van der Waals surface area contributed by atoms with Gasteiger partial charge >= 0.3 is 0 Å². The average molecular weight is 195 g/mol. The minimum absolute atomic E-state index is 0.476. The van der Waals surface area contributed by atoms with Crippen molar-refractivity contribution in [2.24, 2.45) is 0 Å². The van der Waals surface area contributed by atoms with Crippen molar-refractivity contribution in [3.63, 3.8) is 0 Å². The number of aromatic nitrogens is 2. The van der Waals surface area contributed by atoms with Crippen LogP contribution in [0, 0.1) is 0 Å². The van der Waals surface area contributed by atoms with Crippen molar-refractivity contribution in [3.05, 3.63) is 12.4 Å². The normalized spacial score (nSPS) is 13.0. The topological polar surface area (TPSA) is 43.8 Å². The minimum Gasteiger partial charge on any atom is -0.396 e. The molecule has 0 aliphatic heterocycles. The number of hydrogen-bond acceptors (Lipinski definition) is 2. The molecule has 3 heteroatoms. The van der Waals surface area contributed by atoms with E-state index < -0.39 is 0 Å². The van der Waals surface area contributed by atoms with Crippen LogP contribution in [0.25, 0.3) is 0 Å². The third kappa shape index (κ3) is 3.40. The molecular formula is C11H21N3. The summed E-state index contributed by atoms with van der Waals surface area (Å²) in [6.45, 7) is 4.43. The quantitative estimate of drug-likeness (QED) is 0.709. The van der Waals surface area contributed by atoms with Gasteiger partial charge in [-0.15, -0.1) is 0 Å². The monoisotopic (exact) mass is 195 g/mol. The Balaban J connectivity index is 2.25. The van der Waals surface area contributed by atoms with Crippen LogP contribution in [-0.2, 0) is 0 Å². The molecule has 0 aliphatic rings. The summed E-state index contributed by atoms with van der Waals surface area (Å²) in [6, 6.07) is 0.476. The molecule has 3 nitrogen and oxygen atoms in total. The van der Waals surface area contributed by atoms with E-state index in [9.17, 15) is 0 Å². The van der Waals surface area contributed by atoms with E-state index in [1.807, 2.05) is 10.9 Å². The molecule has 0 saturated heterocycles. The lowest BCUT2D eigenvalue weighted by atomic mass is 10.1. The molecule has 1 rings (SSSR count). The molecule has 80 valence electrons. The van der Waals surface area contributed by atoms with Gasteiger partial charge in [-0.05, 0) is 13.3 Å². The second kappa shape index (κ2) is 5.68. The van der Waals surface area contributed by atoms with E-state index in [0.29, 0.717) is 6.04 Å². The van der Waals surface area contributed by atoms with Gasteiger partial charge in [-0.25, -0.2) is 0 Å². The Kier molecular flexibility index (Phi) is 4.50. The van der Waals surface area contributed by atoms with E-state index in [0.717, 1.165) is 5.69 Å². The first-order chi connectivity index (χ1) is 6.74. The number of nitrogen functional groups attached to an aromatic ring is 1. The summed E-state index contributed by atoms with van der Waals surface area (Å²) in [5.41, 5.74) is 6.36. The number of nitrogens with zero attached hydrogens (tertiary/aromatic N) is 2. The predicted octanol–water partition coefficient (Wildman–Crippen LogP) is 3.00. The molecule has 14 heavy (non-hydrogen) atoms. The van der Waals surface area contributed by atoms with E-state index in [-0.39, 0.29) is 0 Å². The van der Waals surface area contributed by atoms with Gasteiger partial charge in [0.05, 0.1) is 11.9 Å². The summed E-state index contributed by atoms with van der Waals surface area (Å²) in [5.74, 6) is 0. The number of hydrogen-bond donors (Lipinski definition) is 1. The smallest absolute Gasteiger partial charge is 0.0719 e. The van der Waals surface area contributed by atoms with Crippen LogP contribution in [-0.4, -0.2) is 9.78 Å². The molecule has 2 N–H and O–H groups in total. The molecule has 1 aromatic rings. The molecular weight excluding hydrogens is 174 g/mol. The van der Waals surface area contributed by atoms with Crippen molar-refractivity contribution >= 4 is 5.69 Å². The molecule has 0 bridgehead atoms. The Morgan fingerprint density at radius 2 is 2.21 bits per heavy atom. The number of anilines is 1. The maximum absolute atomic E-state index is 5.61. The lowest BCUT2D eigenvalue weighted by Gasteiger charge is -2.11. The molecule has 0 unspecified atom stereocenters. The van der Waals surface area contributed by atoms with Crippen LogP contribution in [0.5, 0.6) is 0 Å². The van der Waals surface area contributed by atoms with Crippen LogP contribution in [0.3, 0.4) is 0 Å². The summed E-state index contributed by atoms with van der Waals surface area (Å²) in [6.07, 6.45) is 10.1. The fraction of sp³-hybridized carbons (Fsp3) is 0.727. The van der Waals surface area contributed by atoms with E-state index in [1.165, 1.54) is 32.1 Å². The van der Waals surface area contributed by atoms with Crippen LogP contribution in [0.15, 0.2) is 12.4 Å². The van der Waals surface area contributed by atoms with Crippen molar-refractivity contribution < 1.29 is 0 Å². The molecule has 0 spiro atoms. The van der Waals surface area contributed by atoms with Gasteiger partial charge in [-0.2, -0.15) is 5.10 Å². The van der Waals surface area contributed by atoms with Gasteiger partial charge < -0.3 is 5.73 Å². The lowest BCUT2D eigenvalue weighted by molar-refractivity contribution is 0.436. The second-order valence-corrected chi connectivity index (χ2v) is 3.95. The number of nitrogens with two attached hydrogens (primary N) is 1. The van der Waals surface area contributed by atoms with Gasteiger partial charge in [0.25, 0.3) is 0 Å². The zero-order valence-corrected chi connectivity index (χ0v) is 9.24. The Bertz CT molecular complexity index is 255. The fourth-order valence-corrected chi connectivity index (χ4v) is 1.59. The van der Waals surface area contributed by atoms with Gasteiger partial charge in [0.15, 0.2) is 0 Å². The summed E-state index contributed by atoms with van der Waals surface area (Å²) in [5, 5.41) is 4.21. The molecule has 1 aromatic heterocycles. The fourth-order valence-electron chi connectivity index (χ4n) is 1.59. The molecule has 0 fully saturated rings. The van der Waals surface area contributed by atoms with Gasteiger partial charge in [0, 0.05) is 12.2 Å². The van der Waals surface area contributed by atoms with Crippen molar-refractivity contribution in [3.8, 4) is 0 Å². The number of rotatable bonds is 6. The molecule has 0 amide bonds. The third-order valence-electron chi connectivity index (χ3n) is 2.55. The van der Waals surface area contributed by atoms with Crippen LogP contribution >= 0.6 is 0 Å². The minimum atomic E-state index is 0.476. The predicted molar refractivity (Wildman–Crippen MR) is 60.1 cm³/mol. The maximum Gasteiger partial charge on any atom is 0.0719 e. The summed E-state index contributed by atoms with van der Waals surface area (Å²) in [4.78, 5) is 0. The number of unbranched alkanes of at least 4 members (excludes halogenated alkanes) is 3. The Labute approximate surface area is 86.3 Å². The van der Waals surface area contributed by atoms with Gasteiger partial charge in [-0.3, -0.25) is 4.68 Å². The highest BCUT2D eigenvalue weighted by Crippen LogP contribution is 2.15. The third-order valence-corrected chi connectivity index (χ3v) is 2.55. The molecule has 0 aromatic carbocycles. The first-order valence-electron chi connectivity index (χ1n) is 5.53. The standard InChI is InChI=1S/C11H21N3/c1-3-4-5-6-7-10(2)14-9-11(12)8-13-14/h8-10H,3-7,12H2,1-2H3/t10-/m0/s1. The van der Waals surface area contributed by atoms with Gasteiger partial charge in [-0.1, -0.05) is 32.6 Å². The van der Waals surface area contributed by atoms with Gasteiger partial charge in [0.2, 0.25) is 0 Å². The summed E-state index contributed by atoms with van der Waals surface area (Å²) >= 11 is 0. The van der Waals surface area contributed by atoms with E-state index in [2.05, 4.69) is 18.9 Å². The molecule has 1 atom stereocenters. The van der Waals surface area contributed by atoms with E-state index in [1.54, 1.807) is 6.20 Å². The zero-order valence-electron chi connectivity index (χ0n) is 9.24. The van der Waals surface area contributed by atoms with Crippen molar-refractivity contribution in [2.45, 2.75) is 52.0 Å². The Hall–Kier alpha value is -0.990. The summed E-state index contributed by atoms with van der Waals surface area (Å²) < 4.78 is 1.96. The summed E-state index contributed by atoms with van der Waals surface area (Å²) in [7, 11) is 0. The zero-order chi connectivity index (χ0) is 10.4. The SMILES string of the molecule is CCCCCC[C@H](C)n1cc(N)cn1. The van der Waals surface area contributed by atoms with E-state index in [4.69, 9.17) is 5.73 Å². The van der Waals surface area contributed by atoms with E-state index >= 15 is 0 Å². The highest BCUT2D eigenvalue weighted by atomic mass is 15.3. The second-order valence-electron chi connectivity index (χ2n) is 3.95. The van der Waals surface area contributed by atoms with Crippen LogP contribution in [0.2, 0.25) is 0 Å². The Morgan fingerprint density at radius 1 is 1.43 bits per heavy atom. The van der Waals surface area contributed by atoms with Crippen molar-refractivity contribution in [1.82, 2.24) is 9.78 Å².